The minimum absolute atomic E-state index is 0.564. The third-order valence-electron chi connectivity index (χ3n) is 5.28. The molecule has 2 heteroatoms. The van der Waals surface area contributed by atoms with Crippen LogP contribution in [0.1, 0.15) is 104 Å². The molecule has 1 aromatic heterocycles. The Morgan fingerprint density at radius 1 is 1.04 bits per heavy atom. The lowest BCUT2D eigenvalue weighted by atomic mass is 9.94. The molecular weight excluding hydrogens is 292 g/mol. The summed E-state index contributed by atoms with van der Waals surface area (Å²) in [6.07, 6.45) is 9.66. The van der Waals surface area contributed by atoms with Crippen molar-refractivity contribution in [2.75, 3.05) is 0 Å². The summed E-state index contributed by atoms with van der Waals surface area (Å²) >= 11 is 0. The smallest absolute Gasteiger partial charge is 0.0420 e. The molecular formula is C22H40N2. The first kappa shape index (κ1) is 20.9. The maximum atomic E-state index is 3.88. The number of hydrogen-bond acceptors (Lipinski definition) is 1. The molecule has 1 aromatic rings. The van der Waals surface area contributed by atoms with E-state index < -0.39 is 0 Å². The van der Waals surface area contributed by atoms with Crippen molar-refractivity contribution >= 4 is 5.70 Å². The molecule has 0 amide bonds. The second kappa shape index (κ2) is 10.6. The van der Waals surface area contributed by atoms with Crippen LogP contribution < -0.4 is 5.32 Å². The largest absolute Gasteiger partial charge is 0.382 e. The van der Waals surface area contributed by atoms with Gasteiger partial charge in [-0.15, -0.1) is 0 Å². The third kappa shape index (κ3) is 6.03. The zero-order valence-electron chi connectivity index (χ0n) is 17.1. The Hall–Kier alpha value is -1.18. The number of aromatic amines is 1. The van der Waals surface area contributed by atoms with Crippen molar-refractivity contribution < 1.29 is 0 Å². The number of H-pyrrole nitrogens is 1. The molecule has 0 saturated heterocycles. The Morgan fingerprint density at radius 3 is 2.29 bits per heavy atom. The summed E-state index contributed by atoms with van der Waals surface area (Å²) in [5.74, 6) is 1.40. The molecule has 24 heavy (non-hydrogen) atoms. The zero-order chi connectivity index (χ0) is 18.1. The first-order valence-corrected chi connectivity index (χ1v) is 10.1. The Kier molecular flexibility index (Phi) is 9.25. The van der Waals surface area contributed by atoms with E-state index in [1.807, 2.05) is 0 Å². The van der Waals surface area contributed by atoms with Crippen LogP contribution >= 0.6 is 0 Å². The molecule has 0 aliphatic carbocycles. The second-order valence-corrected chi connectivity index (χ2v) is 7.71. The molecule has 0 aromatic carbocycles. The van der Waals surface area contributed by atoms with Gasteiger partial charge in [0.1, 0.15) is 0 Å². The van der Waals surface area contributed by atoms with Crippen LogP contribution in [0.25, 0.3) is 5.70 Å². The fourth-order valence-electron chi connectivity index (χ4n) is 3.41. The summed E-state index contributed by atoms with van der Waals surface area (Å²) in [5, 5.41) is 3.88. The lowest BCUT2D eigenvalue weighted by Gasteiger charge is -2.24. The van der Waals surface area contributed by atoms with E-state index in [0.717, 1.165) is 12.3 Å². The summed E-state index contributed by atoms with van der Waals surface area (Å²) in [4.78, 5) is 3.48. The van der Waals surface area contributed by atoms with Crippen LogP contribution in [0.5, 0.6) is 0 Å². The van der Waals surface area contributed by atoms with Crippen LogP contribution in [0.3, 0.4) is 0 Å². The van der Waals surface area contributed by atoms with Gasteiger partial charge in [0, 0.05) is 29.2 Å². The van der Waals surface area contributed by atoms with E-state index in [0.29, 0.717) is 12.0 Å². The van der Waals surface area contributed by atoms with Gasteiger partial charge in [0.15, 0.2) is 0 Å². The molecule has 2 N–H and O–H groups in total. The number of allylic oxidation sites excluding steroid dienone is 1. The molecule has 1 heterocycles. The molecule has 3 atom stereocenters. The maximum Gasteiger partial charge on any atom is 0.0420 e. The average Bonchev–Trinajstić information content (AvgIpc) is 3.03. The van der Waals surface area contributed by atoms with Gasteiger partial charge >= 0.3 is 0 Å². The van der Waals surface area contributed by atoms with E-state index in [2.05, 4.69) is 71.0 Å². The van der Waals surface area contributed by atoms with E-state index >= 15 is 0 Å². The molecule has 3 unspecified atom stereocenters. The van der Waals surface area contributed by atoms with Crippen molar-refractivity contribution in [3.05, 3.63) is 29.1 Å². The van der Waals surface area contributed by atoms with Gasteiger partial charge in [-0.2, -0.15) is 0 Å². The highest BCUT2D eigenvalue weighted by atomic mass is 14.9. The zero-order valence-corrected chi connectivity index (χ0v) is 17.1. The topological polar surface area (TPSA) is 27.8 Å². The van der Waals surface area contributed by atoms with E-state index in [1.54, 1.807) is 0 Å². The van der Waals surface area contributed by atoms with Crippen molar-refractivity contribution in [3.8, 4) is 0 Å². The second-order valence-electron chi connectivity index (χ2n) is 7.71. The summed E-state index contributed by atoms with van der Waals surface area (Å²) in [6, 6.07) is 2.80. The van der Waals surface area contributed by atoms with E-state index in [1.165, 1.54) is 54.6 Å². The molecule has 0 radical (unpaired) electrons. The van der Waals surface area contributed by atoms with E-state index in [9.17, 15) is 0 Å². The Labute approximate surface area is 150 Å². The molecule has 0 bridgehead atoms. The predicted octanol–water partition coefficient (Wildman–Crippen LogP) is 6.86. The molecule has 138 valence electrons. The summed E-state index contributed by atoms with van der Waals surface area (Å²) < 4.78 is 0. The third-order valence-corrected chi connectivity index (χ3v) is 5.28. The van der Waals surface area contributed by atoms with Gasteiger partial charge < -0.3 is 10.3 Å². The minimum Gasteiger partial charge on any atom is -0.382 e. The fourth-order valence-corrected chi connectivity index (χ4v) is 3.41. The Balaban J connectivity index is 2.86. The van der Waals surface area contributed by atoms with E-state index in [-0.39, 0.29) is 0 Å². The number of hydrogen-bond donors (Lipinski definition) is 2. The SMILES string of the molecule is CCCC(C)CCC(CC)NC(=C(C)C)c1cc[nH]c1C(C)CC. The van der Waals surface area contributed by atoms with Crippen molar-refractivity contribution in [2.24, 2.45) is 5.92 Å². The molecule has 0 fully saturated rings. The molecule has 0 aliphatic rings. The monoisotopic (exact) mass is 332 g/mol. The average molecular weight is 333 g/mol. The Bertz CT molecular complexity index is 494. The highest BCUT2D eigenvalue weighted by Crippen LogP contribution is 2.28. The first-order chi connectivity index (χ1) is 11.4. The van der Waals surface area contributed by atoms with Gasteiger partial charge in [0.2, 0.25) is 0 Å². The van der Waals surface area contributed by atoms with Crippen LogP contribution in [0.2, 0.25) is 0 Å². The van der Waals surface area contributed by atoms with Gasteiger partial charge in [-0.25, -0.2) is 0 Å². The fraction of sp³-hybridized carbons (Fsp3) is 0.727. The summed E-state index contributed by atoms with van der Waals surface area (Å²) in [6.45, 7) is 16.0. The lowest BCUT2D eigenvalue weighted by Crippen LogP contribution is -2.28. The van der Waals surface area contributed by atoms with Gasteiger partial charge in [0.05, 0.1) is 0 Å². The normalized spacial score (nSPS) is 15.0. The highest BCUT2D eigenvalue weighted by Gasteiger charge is 2.17. The summed E-state index contributed by atoms with van der Waals surface area (Å²) in [7, 11) is 0. The minimum atomic E-state index is 0.564. The lowest BCUT2D eigenvalue weighted by molar-refractivity contribution is 0.417. The number of aromatic nitrogens is 1. The highest BCUT2D eigenvalue weighted by molar-refractivity contribution is 5.69. The summed E-state index contributed by atoms with van der Waals surface area (Å²) in [5.41, 5.74) is 5.44. The number of nitrogens with one attached hydrogen (secondary N) is 2. The van der Waals surface area contributed by atoms with Crippen molar-refractivity contribution in [2.45, 2.75) is 99.0 Å². The van der Waals surface area contributed by atoms with Crippen LogP contribution in [-0.4, -0.2) is 11.0 Å². The van der Waals surface area contributed by atoms with Crippen molar-refractivity contribution in [1.29, 1.82) is 0 Å². The van der Waals surface area contributed by atoms with Gasteiger partial charge in [-0.3, -0.25) is 0 Å². The Morgan fingerprint density at radius 2 is 1.75 bits per heavy atom. The predicted molar refractivity (Wildman–Crippen MR) is 108 cm³/mol. The molecule has 0 aliphatic heterocycles. The first-order valence-electron chi connectivity index (χ1n) is 10.1. The van der Waals surface area contributed by atoms with E-state index in [4.69, 9.17) is 0 Å². The van der Waals surface area contributed by atoms with Gasteiger partial charge in [0.25, 0.3) is 0 Å². The van der Waals surface area contributed by atoms with Crippen molar-refractivity contribution in [3.63, 3.8) is 0 Å². The quantitative estimate of drug-likeness (QED) is 0.455. The van der Waals surface area contributed by atoms with Gasteiger partial charge in [-0.1, -0.05) is 53.0 Å². The maximum absolute atomic E-state index is 3.88. The molecule has 1 rings (SSSR count). The number of rotatable bonds is 11. The van der Waals surface area contributed by atoms with Crippen LogP contribution in [0, 0.1) is 5.92 Å². The van der Waals surface area contributed by atoms with Crippen LogP contribution in [0.4, 0.5) is 0 Å². The standard InChI is InChI=1S/C22H40N2/c1-8-11-17(6)12-13-19(10-3)24-21(16(4)5)20-14-15-23-22(20)18(7)9-2/h14-15,17-19,23-24H,8-13H2,1-7H3. The molecule has 0 spiro atoms. The van der Waals surface area contributed by atoms with Gasteiger partial charge in [-0.05, 0) is 57.4 Å². The van der Waals surface area contributed by atoms with Crippen molar-refractivity contribution in [1.82, 2.24) is 10.3 Å². The molecule has 2 nitrogen and oxygen atoms in total. The van der Waals surface area contributed by atoms with Crippen LogP contribution in [0.15, 0.2) is 17.8 Å². The van der Waals surface area contributed by atoms with Crippen LogP contribution in [-0.2, 0) is 0 Å². The molecule has 0 saturated carbocycles.